The normalized spacial score (nSPS) is 10.7. The summed E-state index contributed by atoms with van der Waals surface area (Å²) < 4.78 is 1.53. The smallest absolute Gasteiger partial charge is 0.223 e. The van der Waals surface area contributed by atoms with Gasteiger partial charge in [-0.05, 0) is 36.4 Å². The predicted molar refractivity (Wildman–Crippen MR) is 107 cm³/mol. The molecule has 0 aliphatic rings. The molecule has 2 heterocycles. The molecule has 4 nitrogen and oxygen atoms in total. The Labute approximate surface area is 161 Å². The van der Waals surface area contributed by atoms with E-state index in [1.165, 1.54) is 4.09 Å². The molecule has 0 unspecified atom stereocenters. The fourth-order valence-corrected chi connectivity index (χ4v) is 3.08. The topological polar surface area (TPSA) is 42.7 Å². The summed E-state index contributed by atoms with van der Waals surface area (Å²) in [7, 11) is 0. The number of para-hydroxylation sites is 1. The van der Waals surface area contributed by atoms with Gasteiger partial charge in [0.1, 0.15) is 5.69 Å². The Balaban J connectivity index is 1.86. The van der Waals surface area contributed by atoms with Crippen LogP contribution >= 0.6 is 23.4 Å². The zero-order valence-electron chi connectivity index (χ0n) is 13.6. The maximum Gasteiger partial charge on any atom is 0.223 e. The molecule has 0 saturated carbocycles. The number of pyridine rings is 1. The van der Waals surface area contributed by atoms with Crippen molar-refractivity contribution in [2.24, 2.45) is 0 Å². The van der Waals surface area contributed by atoms with Gasteiger partial charge in [-0.2, -0.15) is 0 Å². The van der Waals surface area contributed by atoms with Gasteiger partial charge in [-0.1, -0.05) is 41.9 Å². The number of benzene rings is 2. The maximum absolute atomic E-state index is 6.65. The third kappa shape index (κ3) is 3.29. The molecule has 0 bridgehead atoms. The van der Waals surface area contributed by atoms with Gasteiger partial charge in [0.25, 0.3) is 0 Å². The summed E-state index contributed by atoms with van der Waals surface area (Å²) in [6.45, 7) is 0. The Morgan fingerprint density at radius 1 is 0.808 bits per heavy atom. The highest BCUT2D eigenvalue weighted by atomic mass is 35.5. The predicted octanol–water partition coefficient (Wildman–Crippen LogP) is 6.01. The van der Waals surface area contributed by atoms with Crippen molar-refractivity contribution in [2.45, 2.75) is 0 Å². The average Bonchev–Trinajstić information content (AvgIpc) is 3.00. The molecule has 2 aromatic carbocycles. The van der Waals surface area contributed by atoms with Crippen molar-refractivity contribution < 1.29 is 0 Å². The molecule has 1 N–H and O–H groups in total. The van der Waals surface area contributed by atoms with E-state index >= 15 is 0 Å². The molecule has 4 rings (SSSR count). The van der Waals surface area contributed by atoms with Crippen LogP contribution in [-0.4, -0.2) is 14.1 Å². The third-order valence-corrected chi connectivity index (χ3v) is 4.51. The number of imidazole rings is 1. The van der Waals surface area contributed by atoms with Gasteiger partial charge >= 0.3 is 0 Å². The number of nitrogens with one attached hydrogen (secondary N) is 1. The van der Waals surface area contributed by atoms with Gasteiger partial charge in [0.2, 0.25) is 5.95 Å². The van der Waals surface area contributed by atoms with Gasteiger partial charge in [0.15, 0.2) is 0 Å². The quantitative estimate of drug-likeness (QED) is 0.471. The lowest BCUT2D eigenvalue weighted by molar-refractivity contribution is 1.21. The summed E-state index contributed by atoms with van der Waals surface area (Å²) in [6.07, 6.45) is 3.47. The molecule has 0 amide bonds. The van der Waals surface area contributed by atoms with Crippen LogP contribution in [0.15, 0.2) is 79.1 Å². The van der Waals surface area contributed by atoms with Gasteiger partial charge in [0.05, 0.1) is 5.69 Å². The molecule has 128 valence electrons. The molecule has 0 fully saturated rings. The lowest BCUT2D eigenvalue weighted by Gasteiger charge is -2.07. The van der Waals surface area contributed by atoms with E-state index in [-0.39, 0.29) is 0 Å². The number of nitrogens with zero attached hydrogens (tertiary/aromatic N) is 3. The fourth-order valence-electron chi connectivity index (χ4n) is 2.70. The summed E-state index contributed by atoms with van der Waals surface area (Å²) in [5.74, 6) is 0.537. The Hall–Kier alpha value is -2.82. The van der Waals surface area contributed by atoms with Crippen LogP contribution in [0.1, 0.15) is 0 Å². The van der Waals surface area contributed by atoms with Crippen molar-refractivity contribution in [2.75, 3.05) is 5.32 Å². The van der Waals surface area contributed by atoms with Crippen molar-refractivity contribution >= 4 is 35.0 Å². The Kier molecular flexibility index (Phi) is 4.61. The Bertz CT molecular complexity index is 1010. The Morgan fingerprint density at radius 2 is 1.50 bits per heavy atom. The minimum atomic E-state index is 0.537. The number of aromatic nitrogens is 3. The number of halogens is 2. The van der Waals surface area contributed by atoms with Crippen LogP contribution < -0.4 is 5.32 Å². The van der Waals surface area contributed by atoms with Crippen molar-refractivity contribution in [3.8, 4) is 22.5 Å². The first-order valence-electron chi connectivity index (χ1n) is 7.99. The summed E-state index contributed by atoms with van der Waals surface area (Å²) in [4.78, 5) is 8.81. The molecular formula is C20H14Cl2N4. The van der Waals surface area contributed by atoms with E-state index in [0.29, 0.717) is 11.0 Å². The molecular weight excluding hydrogens is 367 g/mol. The minimum absolute atomic E-state index is 0.537. The fraction of sp³-hybridized carbons (Fsp3) is 0. The van der Waals surface area contributed by atoms with Gasteiger partial charge in [0, 0.05) is 46.0 Å². The van der Waals surface area contributed by atoms with Gasteiger partial charge in [-0.15, -0.1) is 0 Å². The van der Waals surface area contributed by atoms with E-state index < -0.39 is 0 Å². The van der Waals surface area contributed by atoms with E-state index in [1.807, 2.05) is 66.7 Å². The Morgan fingerprint density at radius 3 is 2.19 bits per heavy atom. The lowest BCUT2D eigenvalue weighted by Crippen LogP contribution is -1.96. The van der Waals surface area contributed by atoms with Gasteiger partial charge in [-0.25, -0.2) is 9.07 Å². The SMILES string of the molecule is Clc1ccc(-c2c(-c3ccncc3)nc(Nc3ccccc3)n2Cl)cc1. The standard InChI is InChI=1S/C20H14Cl2N4/c21-16-8-6-15(7-9-16)19-18(14-10-12-23-13-11-14)25-20(26(19)22)24-17-4-2-1-3-5-17/h1-13H,(H,24,25). The minimum Gasteiger partial charge on any atom is -0.325 e. The average molecular weight is 381 g/mol. The first-order valence-corrected chi connectivity index (χ1v) is 8.71. The van der Waals surface area contributed by atoms with Crippen LogP contribution in [0.4, 0.5) is 11.6 Å². The van der Waals surface area contributed by atoms with E-state index in [0.717, 1.165) is 28.2 Å². The van der Waals surface area contributed by atoms with E-state index in [2.05, 4.69) is 10.3 Å². The lowest BCUT2D eigenvalue weighted by atomic mass is 10.1. The number of hydrogen-bond acceptors (Lipinski definition) is 3. The number of hydrogen-bond donors (Lipinski definition) is 1. The van der Waals surface area contributed by atoms with Crippen LogP contribution in [0, 0.1) is 0 Å². The van der Waals surface area contributed by atoms with E-state index in [4.69, 9.17) is 28.4 Å². The molecule has 0 aliphatic carbocycles. The first kappa shape index (κ1) is 16.6. The van der Waals surface area contributed by atoms with Crippen LogP contribution in [0.5, 0.6) is 0 Å². The van der Waals surface area contributed by atoms with Crippen LogP contribution in [-0.2, 0) is 0 Å². The third-order valence-electron chi connectivity index (χ3n) is 3.93. The highest BCUT2D eigenvalue weighted by Gasteiger charge is 2.19. The number of anilines is 2. The summed E-state index contributed by atoms with van der Waals surface area (Å²) in [5, 5.41) is 3.93. The summed E-state index contributed by atoms with van der Waals surface area (Å²) >= 11 is 12.7. The van der Waals surface area contributed by atoms with Crippen molar-refractivity contribution in [3.05, 3.63) is 84.1 Å². The second-order valence-electron chi connectivity index (χ2n) is 5.65. The molecule has 0 saturated heterocycles. The van der Waals surface area contributed by atoms with Gasteiger partial charge in [-0.3, -0.25) is 4.98 Å². The van der Waals surface area contributed by atoms with Gasteiger partial charge < -0.3 is 5.32 Å². The maximum atomic E-state index is 6.65. The molecule has 26 heavy (non-hydrogen) atoms. The summed E-state index contributed by atoms with van der Waals surface area (Å²) in [5.41, 5.74) is 4.31. The molecule has 6 heteroatoms. The highest BCUT2D eigenvalue weighted by Crippen LogP contribution is 2.36. The van der Waals surface area contributed by atoms with Crippen LogP contribution in [0.2, 0.25) is 5.02 Å². The molecule has 2 aromatic heterocycles. The highest BCUT2D eigenvalue weighted by molar-refractivity contribution is 6.30. The monoisotopic (exact) mass is 380 g/mol. The van der Waals surface area contributed by atoms with Crippen LogP contribution in [0.3, 0.4) is 0 Å². The summed E-state index contributed by atoms with van der Waals surface area (Å²) in [6, 6.07) is 21.1. The first-order chi connectivity index (χ1) is 12.7. The second-order valence-corrected chi connectivity index (χ2v) is 6.42. The van der Waals surface area contributed by atoms with Crippen molar-refractivity contribution in [3.63, 3.8) is 0 Å². The molecule has 0 radical (unpaired) electrons. The second kappa shape index (κ2) is 7.20. The van der Waals surface area contributed by atoms with Crippen molar-refractivity contribution in [1.29, 1.82) is 0 Å². The van der Waals surface area contributed by atoms with Crippen molar-refractivity contribution in [1.82, 2.24) is 14.1 Å². The molecule has 0 atom stereocenters. The molecule has 4 aromatic rings. The van der Waals surface area contributed by atoms with E-state index in [9.17, 15) is 0 Å². The zero-order valence-corrected chi connectivity index (χ0v) is 15.1. The zero-order chi connectivity index (χ0) is 17.9. The largest absolute Gasteiger partial charge is 0.325 e. The molecule has 0 spiro atoms. The van der Waals surface area contributed by atoms with E-state index in [1.54, 1.807) is 12.4 Å². The van der Waals surface area contributed by atoms with Crippen LogP contribution in [0.25, 0.3) is 22.5 Å². The number of rotatable bonds is 4. The molecule has 0 aliphatic heterocycles.